The van der Waals surface area contributed by atoms with E-state index in [4.69, 9.17) is 4.42 Å². The fourth-order valence-corrected chi connectivity index (χ4v) is 3.06. The van der Waals surface area contributed by atoms with Gasteiger partial charge in [-0.2, -0.15) is 0 Å². The van der Waals surface area contributed by atoms with Gasteiger partial charge in [-0.05, 0) is 24.3 Å². The quantitative estimate of drug-likeness (QED) is 0.743. The van der Waals surface area contributed by atoms with Crippen molar-refractivity contribution in [2.75, 3.05) is 6.54 Å². The highest BCUT2D eigenvalue weighted by Crippen LogP contribution is 2.28. The Morgan fingerprint density at radius 3 is 2.92 bits per heavy atom. The molecule has 5 heteroatoms. The summed E-state index contributed by atoms with van der Waals surface area (Å²) in [5.41, 5.74) is 2.53. The second-order valence-corrected chi connectivity index (χ2v) is 7.40. The lowest BCUT2D eigenvalue weighted by molar-refractivity contribution is 0.0728. The van der Waals surface area contributed by atoms with Crippen molar-refractivity contribution < 1.29 is 9.21 Å². The molecular weight excluding hydrogens is 302 g/mol. The molecule has 2 aromatic heterocycles. The average molecular weight is 323 g/mol. The summed E-state index contributed by atoms with van der Waals surface area (Å²) in [4.78, 5) is 22.5. The standard InChI is InChI=1S/C19H21N3O2/c1-19(2,3)18-21-15-11-22(9-7-16(15)24-18)17(23)13-4-5-14-12(10-13)6-8-20-14/h4-6,8,10,20H,7,9,11H2,1-3H3. The highest BCUT2D eigenvalue weighted by Gasteiger charge is 2.29. The molecule has 1 aliphatic heterocycles. The molecule has 24 heavy (non-hydrogen) atoms. The minimum atomic E-state index is -0.120. The van der Waals surface area contributed by atoms with E-state index in [2.05, 4.69) is 30.7 Å². The number of hydrogen-bond donors (Lipinski definition) is 1. The van der Waals surface area contributed by atoms with E-state index in [1.165, 1.54) is 0 Å². The van der Waals surface area contributed by atoms with Crippen LogP contribution in [0.4, 0.5) is 0 Å². The Bertz CT molecular complexity index is 914. The number of rotatable bonds is 1. The molecule has 124 valence electrons. The zero-order chi connectivity index (χ0) is 16.9. The van der Waals surface area contributed by atoms with Crippen LogP contribution < -0.4 is 0 Å². The first-order chi connectivity index (χ1) is 11.4. The van der Waals surface area contributed by atoms with Crippen molar-refractivity contribution in [3.8, 4) is 0 Å². The molecule has 0 fully saturated rings. The molecule has 1 amide bonds. The van der Waals surface area contributed by atoms with Gasteiger partial charge in [0.25, 0.3) is 5.91 Å². The van der Waals surface area contributed by atoms with E-state index < -0.39 is 0 Å². The predicted octanol–water partition coefficient (Wildman–Crippen LogP) is 3.65. The van der Waals surface area contributed by atoms with E-state index in [1.54, 1.807) is 0 Å². The summed E-state index contributed by atoms with van der Waals surface area (Å²) >= 11 is 0. The Labute approximate surface area is 140 Å². The van der Waals surface area contributed by atoms with Gasteiger partial charge in [-0.1, -0.05) is 20.8 Å². The molecule has 0 atom stereocenters. The lowest BCUT2D eigenvalue weighted by atomic mass is 9.97. The number of amides is 1. The van der Waals surface area contributed by atoms with Crippen LogP contribution in [0.25, 0.3) is 10.9 Å². The van der Waals surface area contributed by atoms with E-state index in [0.717, 1.165) is 34.7 Å². The van der Waals surface area contributed by atoms with Crippen molar-refractivity contribution >= 4 is 16.8 Å². The maximum absolute atomic E-state index is 12.8. The average Bonchev–Trinajstić information content (AvgIpc) is 3.18. The van der Waals surface area contributed by atoms with Crippen LogP contribution in [-0.2, 0) is 18.4 Å². The Kier molecular flexibility index (Phi) is 3.27. The van der Waals surface area contributed by atoms with Crippen LogP contribution in [0.2, 0.25) is 0 Å². The number of oxazole rings is 1. The number of aromatic amines is 1. The Morgan fingerprint density at radius 1 is 1.29 bits per heavy atom. The van der Waals surface area contributed by atoms with E-state index in [9.17, 15) is 4.79 Å². The van der Waals surface area contributed by atoms with Crippen LogP contribution in [0, 0.1) is 0 Å². The first-order valence-corrected chi connectivity index (χ1v) is 8.27. The highest BCUT2D eigenvalue weighted by atomic mass is 16.4. The molecule has 0 saturated heterocycles. The first kappa shape index (κ1) is 15.0. The summed E-state index contributed by atoms with van der Waals surface area (Å²) in [6, 6.07) is 7.74. The molecule has 0 saturated carbocycles. The third kappa shape index (κ3) is 2.50. The normalized spacial score (nSPS) is 14.9. The minimum Gasteiger partial charge on any atom is -0.445 e. The van der Waals surface area contributed by atoms with Crippen molar-refractivity contribution in [1.82, 2.24) is 14.9 Å². The number of benzene rings is 1. The van der Waals surface area contributed by atoms with E-state index in [-0.39, 0.29) is 11.3 Å². The molecule has 0 aliphatic carbocycles. The van der Waals surface area contributed by atoms with Gasteiger partial charge in [-0.3, -0.25) is 4.79 Å². The van der Waals surface area contributed by atoms with Crippen molar-refractivity contribution in [2.45, 2.75) is 39.2 Å². The van der Waals surface area contributed by atoms with Crippen LogP contribution >= 0.6 is 0 Å². The maximum Gasteiger partial charge on any atom is 0.254 e. The molecule has 4 rings (SSSR count). The van der Waals surface area contributed by atoms with E-state index in [0.29, 0.717) is 18.7 Å². The van der Waals surface area contributed by atoms with Crippen LogP contribution in [-0.4, -0.2) is 27.3 Å². The minimum absolute atomic E-state index is 0.0454. The van der Waals surface area contributed by atoms with Crippen molar-refractivity contribution in [1.29, 1.82) is 0 Å². The predicted molar refractivity (Wildman–Crippen MR) is 91.9 cm³/mol. The highest BCUT2D eigenvalue weighted by molar-refractivity contribution is 5.98. The summed E-state index contributed by atoms with van der Waals surface area (Å²) in [6.45, 7) is 7.42. The monoisotopic (exact) mass is 323 g/mol. The molecule has 0 bridgehead atoms. The van der Waals surface area contributed by atoms with Gasteiger partial charge < -0.3 is 14.3 Å². The maximum atomic E-state index is 12.8. The van der Waals surface area contributed by atoms with Crippen molar-refractivity contribution in [2.24, 2.45) is 0 Å². The van der Waals surface area contributed by atoms with Gasteiger partial charge in [-0.25, -0.2) is 4.98 Å². The zero-order valence-electron chi connectivity index (χ0n) is 14.2. The van der Waals surface area contributed by atoms with Gasteiger partial charge in [0.15, 0.2) is 5.89 Å². The lowest BCUT2D eigenvalue weighted by Gasteiger charge is -2.25. The molecule has 0 unspecified atom stereocenters. The van der Waals surface area contributed by atoms with Gasteiger partial charge in [0, 0.05) is 41.0 Å². The number of hydrogen-bond acceptors (Lipinski definition) is 3. The number of nitrogens with zero attached hydrogens (tertiary/aromatic N) is 2. The molecule has 1 aromatic carbocycles. The molecule has 0 radical (unpaired) electrons. The lowest BCUT2D eigenvalue weighted by Crippen LogP contribution is -2.35. The Hall–Kier alpha value is -2.56. The number of aromatic nitrogens is 2. The summed E-state index contributed by atoms with van der Waals surface area (Å²) in [7, 11) is 0. The van der Waals surface area contributed by atoms with Crippen LogP contribution in [0.1, 0.15) is 48.5 Å². The van der Waals surface area contributed by atoms with Gasteiger partial charge in [-0.15, -0.1) is 0 Å². The van der Waals surface area contributed by atoms with Gasteiger partial charge in [0.2, 0.25) is 0 Å². The van der Waals surface area contributed by atoms with E-state index in [1.807, 2.05) is 35.4 Å². The number of fused-ring (bicyclic) bond motifs is 2. The third-order valence-corrected chi connectivity index (χ3v) is 4.46. The molecule has 3 heterocycles. The molecule has 5 nitrogen and oxygen atoms in total. The van der Waals surface area contributed by atoms with Crippen molar-refractivity contribution in [3.63, 3.8) is 0 Å². The fourth-order valence-electron chi connectivity index (χ4n) is 3.06. The molecule has 1 N–H and O–H groups in total. The van der Waals surface area contributed by atoms with Gasteiger partial charge >= 0.3 is 0 Å². The van der Waals surface area contributed by atoms with Crippen LogP contribution in [0.5, 0.6) is 0 Å². The molecule has 1 aliphatic rings. The summed E-state index contributed by atoms with van der Waals surface area (Å²) < 4.78 is 5.90. The number of nitrogens with one attached hydrogen (secondary N) is 1. The number of carbonyl (C=O) groups is 1. The van der Waals surface area contributed by atoms with Crippen molar-refractivity contribution in [3.05, 3.63) is 53.4 Å². The topological polar surface area (TPSA) is 62.1 Å². The number of H-pyrrole nitrogens is 1. The summed E-state index contributed by atoms with van der Waals surface area (Å²) in [6.07, 6.45) is 2.60. The largest absolute Gasteiger partial charge is 0.445 e. The zero-order valence-corrected chi connectivity index (χ0v) is 14.2. The van der Waals surface area contributed by atoms with Gasteiger partial charge in [0.05, 0.1) is 6.54 Å². The van der Waals surface area contributed by atoms with Crippen LogP contribution in [0.15, 0.2) is 34.9 Å². The third-order valence-electron chi connectivity index (χ3n) is 4.46. The van der Waals surface area contributed by atoms with Gasteiger partial charge in [0.1, 0.15) is 11.5 Å². The summed E-state index contributed by atoms with van der Waals surface area (Å²) in [5.74, 6) is 1.71. The first-order valence-electron chi connectivity index (χ1n) is 8.27. The van der Waals surface area contributed by atoms with E-state index >= 15 is 0 Å². The smallest absolute Gasteiger partial charge is 0.254 e. The SMILES string of the molecule is CC(C)(C)c1nc2c(o1)CCN(C(=O)c1ccc3[nH]ccc3c1)C2. The molecule has 3 aromatic rings. The van der Waals surface area contributed by atoms with Crippen LogP contribution in [0.3, 0.4) is 0 Å². The second kappa shape index (κ2) is 5.23. The molecular formula is C19H21N3O2. The fraction of sp³-hybridized carbons (Fsp3) is 0.368. The Balaban J connectivity index is 1.59. The summed E-state index contributed by atoms with van der Waals surface area (Å²) in [5, 5.41) is 1.05. The molecule has 0 spiro atoms. The number of carbonyl (C=O) groups excluding carboxylic acids is 1. The Morgan fingerprint density at radius 2 is 2.12 bits per heavy atom. The second-order valence-electron chi connectivity index (χ2n) is 7.40.